The minimum absolute atomic E-state index is 0.799. The number of rotatable bonds is 12. The molecule has 4 unspecified atom stereocenters. The molecule has 21 heavy (non-hydrogen) atoms. The number of unbranched alkanes of at least 4 members (excludes halogenated alkanes) is 1. The lowest BCUT2D eigenvalue weighted by Gasteiger charge is -2.34. The fourth-order valence-corrected chi connectivity index (χ4v) is 3.30. The van der Waals surface area contributed by atoms with Crippen molar-refractivity contribution in [3.8, 4) is 0 Å². The van der Waals surface area contributed by atoms with Gasteiger partial charge >= 0.3 is 0 Å². The first kappa shape index (κ1) is 18.5. The molecule has 0 heterocycles. The molecule has 0 bridgehead atoms. The third kappa shape index (κ3) is 6.82. The van der Waals surface area contributed by atoms with E-state index in [0.717, 1.165) is 36.6 Å². The summed E-state index contributed by atoms with van der Waals surface area (Å²) in [5.74, 6) is 3.37. The Hall–Kier alpha value is -0.560. The normalized spacial score (nSPS) is 24.2. The van der Waals surface area contributed by atoms with E-state index < -0.39 is 0 Å². The molecule has 0 fully saturated rings. The summed E-state index contributed by atoms with van der Waals surface area (Å²) in [6.07, 6.45) is 19.1. The van der Waals surface area contributed by atoms with Crippen LogP contribution in [0.4, 0.5) is 0 Å². The highest BCUT2D eigenvalue weighted by Gasteiger charge is 2.28. The zero-order valence-electron chi connectivity index (χ0n) is 14.8. The Bertz CT molecular complexity index is 305. The molecule has 0 saturated carbocycles. The Morgan fingerprint density at radius 1 is 1.19 bits per heavy atom. The van der Waals surface area contributed by atoms with Crippen LogP contribution in [0, 0.1) is 23.7 Å². The average molecular weight is 292 g/mol. The smallest absolute Gasteiger partial charge is 0.00173 e. The van der Waals surface area contributed by atoms with Crippen LogP contribution < -0.4 is 5.32 Å². The molecule has 122 valence electrons. The Morgan fingerprint density at radius 3 is 2.57 bits per heavy atom. The van der Waals surface area contributed by atoms with Crippen LogP contribution in [0.5, 0.6) is 0 Å². The van der Waals surface area contributed by atoms with Gasteiger partial charge in [-0.25, -0.2) is 0 Å². The SMILES string of the molecule is CCCCC(C=CCCNC)CCC1C=CC1C(C)CC. The largest absolute Gasteiger partial charge is 0.319 e. The van der Waals surface area contributed by atoms with Gasteiger partial charge in [-0.15, -0.1) is 0 Å². The van der Waals surface area contributed by atoms with Gasteiger partial charge < -0.3 is 5.32 Å². The molecule has 1 N–H and O–H groups in total. The summed E-state index contributed by atoms with van der Waals surface area (Å²) in [7, 11) is 2.03. The van der Waals surface area contributed by atoms with Gasteiger partial charge in [0.05, 0.1) is 0 Å². The van der Waals surface area contributed by atoms with Gasteiger partial charge in [-0.1, -0.05) is 64.3 Å². The summed E-state index contributed by atoms with van der Waals surface area (Å²) >= 11 is 0. The predicted octanol–water partition coefficient (Wildman–Crippen LogP) is 5.59. The molecule has 1 aliphatic carbocycles. The topological polar surface area (TPSA) is 12.0 Å². The van der Waals surface area contributed by atoms with Crippen LogP contribution in [-0.2, 0) is 0 Å². The molecular formula is C20H37N. The number of hydrogen-bond donors (Lipinski definition) is 1. The zero-order chi connectivity index (χ0) is 15.5. The van der Waals surface area contributed by atoms with Crippen LogP contribution in [0.3, 0.4) is 0 Å². The average Bonchev–Trinajstić information content (AvgIpc) is 2.47. The van der Waals surface area contributed by atoms with Crippen LogP contribution in [0.15, 0.2) is 24.3 Å². The van der Waals surface area contributed by atoms with Crippen LogP contribution in [-0.4, -0.2) is 13.6 Å². The van der Waals surface area contributed by atoms with Crippen molar-refractivity contribution in [3.05, 3.63) is 24.3 Å². The maximum atomic E-state index is 3.22. The molecule has 4 atom stereocenters. The van der Waals surface area contributed by atoms with Crippen molar-refractivity contribution in [2.45, 2.75) is 65.7 Å². The molecule has 0 amide bonds. The molecule has 0 spiro atoms. The van der Waals surface area contributed by atoms with Gasteiger partial charge in [0.2, 0.25) is 0 Å². The quantitative estimate of drug-likeness (QED) is 0.365. The van der Waals surface area contributed by atoms with Gasteiger partial charge in [-0.05, 0) is 62.9 Å². The molecule has 0 aliphatic heterocycles. The van der Waals surface area contributed by atoms with Crippen molar-refractivity contribution < 1.29 is 0 Å². The standard InChI is InChI=1S/C20H37N/c1-5-7-10-18(11-8-9-16-21-4)12-13-19-14-15-20(19)17(3)6-2/h8,11,14-15,17-21H,5-7,9-10,12-13,16H2,1-4H3. The molecule has 1 aliphatic rings. The zero-order valence-corrected chi connectivity index (χ0v) is 14.8. The maximum Gasteiger partial charge on any atom is -0.00173 e. The lowest BCUT2D eigenvalue weighted by atomic mass is 9.71. The maximum absolute atomic E-state index is 3.22. The minimum atomic E-state index is 0.799. The second kappa shape index (κ2) is 11.1. The fraction of sp³-hybridized carbons (Fsp3) is 0.800. The van der Waals surface area contributed by atoms with E-state index in [2.05, 4.69) is 50.4 Å². The molecule has 0 aromatic rings. The summed E-state index contributed by atoms with van der Waals surface area (Å²) in [6, 6.07) is 0. The van der Waals surface area contributed by atoms with Gasteiger partial charge in [0.25, 0.3) is 0 Å². The highest BCUT2D eigenvalue weighted by atomic mass is 14.8. The first-order valence-corrected chi connectivity index (χ1v) is 9.22. The molecule has 1 heteroatoms. The third-order valence-electron chi connectivity index (χ3n) is 5.14. The van der Waals surface area contributed by atoms with Crippen LogP contribution >= 0.6 is 0 Å². The minimum Gasteiger partial charge on any atom is -0.319 e. The molecule has 0 aromatic heterocycles. The molecule has 1 nitrogen and oxygen atoms in total. The van der Waals surface area contributed by atoms with Gasteiger partial charge in [-0.2, -0.15) is 0 Å². The molecule has 0 aromatic carbocycles. The van der Waals surface area contributed by atoms with E-state index in [9.17, 15) is 0 Å². The molecular weight excluding hydrogens is 254 g/mol. The first-order chi connectivity index (χ1) is 10.2. The van der Waals surface area contributed by atoms with E-state index in [1.165, 1.54) is 38.5 Å². The monoisotopic (exact) mass is 291 g/mol. The van der Waals surface area contributed by atoms with Crippen molar-refractivity contribution in [2.75, 3.05) is 13.6 Å². The molecule has 0 saturated heterocycles. The summed E-state index contributed by atoms with van der Waals surface area (Å²) < 4.78 is 0. The van der Waals surface area contributed by atoms with Gasteiger partial charge in [0, 0.05) is 0 Å². The van der Waals surface area contributed by atoms with E-state index in [1.54, 1.807) is 0 Å². The highest BCUT2D eigenvalue weighted by Crippen LogP contribution is 2.37. The van der Waals surface area contributed by atoms with Crippen molar-refractivity contribution in [1.29, 1.82) is 0 Å². The van der Waals surface area contributed by atoms with Gasteiger partial charge in [-0.3, -0.25) is 0 Å². The number of nitrogens with one attached hydrogen (secondary N) is 1. The number of hydrogen-bond acceptors (Lipinski definition) is 1. The van der Waals surface area contributed by atoms with Crippen LogP contribution in [0.25, 0.3) is 0 Å². The highest BCUT2D eigenvalue weighted by molar-refractivity contribution is 5.10. The van der Waals surface area contributed by atoms with Gasteiger partial charge in [0.15, 0.2) is 0 Å². The lowest BCUT2D eigenvalue weighted by molar-refractivity contribution is 0.273. The summed E-state index contributed by atoms with van der Waals surface area (Å²) in [4.78, 5) is 0. The predicted molar refractivity (Wildman–Crippen MR) is 95.5 cm³/mol. The van der Waals surface area contributed by atoms with Crippen molar-refractivity contribution >= 4 is 0 Å². The van der Waals surface area contributed by atoms with E-state index in [-0.39, 0.29) is 0 Å². The fourth-order valence-electron chi connectivity index (χ4n) is 3.30. The Labute approximate surface area is 133 Å². The van der Waals surface area contributed by atoms with Crippen molar-refractivity contribution in [3.63, 3.8) is 0 Å². The van der Waals surface area contributed by atoms with Crippen LogP contribution in [0.2, 0.25) is 0 Å². The molecule has 1 rings (SSSR count). The molecule has 0 radical (unpaired) electrons. The third-order valence-corrected chi connectivity index (χ3v) is 5.14. The van der Waals surface area contributed by atoms with E-state index >= 15 is 0 Å². The van der Waals surface area contributed by atoms with Crippen molar-refractivity contribution in [1.82, 2.24) is 5.32 Å². The summed E-state index contributed by atoms with van der Waals surface area (Å²) in [5, 5.41) is 3.22. The summed E-state index contributed by atoms with van der Waals surface area (Å²) in [5.41, 5.74) is 0. The first-order valence-electron chi connectivity index (χ1n) is 9.22. The second-order valence-electron chi connectivity index (χ2n) is 6.81. The van der Waals surface area contributed by atoms with Crippen molar-refractivity contribution in [2.24, 2.45) is 23.7 Å². The second-order valence-corrected chi connectivity index (χ2v) is 6.81. The Kier molecular flexibility index (Phi) is 9.74. The Morgan fingerprint density at radius 2 is 2.00 bits per heavy atom. The Balaban J connectivity index is 2.35. The van der Waals surface area contributed by atoms with Crippen LogP contribution in [0.1, 0.15) is 65.7 Å². The van der Waals surface area contributed by atoms with E-state index in [0.29, 0.717) is 0 Å². The lowest BCUT2D eigenvalue weighted by Crippen LogP contribution is -2.25. The van der Waals surface area contributed by atoms with E-state index in [1.807, 2.05) is 7.05 Å². The summed E-state index contributed by atoms with van der Waals surface area (Å²) in [6.45, 7) is 8.13. The number of allylic oxidation sites excluding steroid dienone is 3. The van der Waals surface area contributed by atoms with E-state index in [4.69, 9.17) is 0 Å². The van der Waals surface area contributed by atoms with Gasteiger partial charge in [0.1, 0.15) is 0 Å².